The summed E-state index contributed by atoms with van der Waals surface area (Å²) in [5, 5.41) is 0. The van der Waals surface area contributed by atoms with Crippen LogP contribution in [0.15, 0.2) is 18.3 Å². The van der Waals surface area contributed by atoms with Crippen molar-refractivity contribution in [3.8, 4) is 0 Å². The number of aromatic nitrogens is 1. The minimum atomic E-state index is -0.0308. The van der Waals surface area contributed by atoms with Gasteiger partial charge in [-0.25, -0.2) is 0 Å². The summed E-state index contributed by atoms with van der Waals surface area (Å²) in [6.07, 6.45) is 9.34. The van der Waals surface area contributed by atoms with Gasteiger partial charge in [0.2, 0.25) is 5.91 Å². The van der Waals surface area contributed by atoms with Gasteiger partial charge < -0.3 is 9.88 Å². The van der Waals surface area contributed by atoms with Gasteiger partial charge in [0.05, 0.1) is 17.7 Å². The Morgan fingerprint density at radius 1 is 1.00 bits per heavy atom. The van der Waals surface area contributed by atoms with E-state index in [-0.39, 0.29) is 11.2 Å². The van der Waals surface area contributed by atoms with Crippen LogP contribution >= 0.6 is 0 Å². The summed E-state index contributed by atoms with van der Waals surface area (Å²) in [5.74, 6) is 3.00. The zero-order valence-electron chi connectivity index (χ0n) is 15.5. The van der Waals surface area contributed by atoms with Gasteiger partial charge in [-0.15, -0.1) is 0 Å². The van der Waals surface area contributed by atoms with E-state index in [4.69, 9.17) is 0 Å². The summed E-state index contributed by atoms with van der Waals surface area (Å²) >= 11 is 0. The molecule has 5 nitrogen and oxygen atoms in total. The molecule has 5 heteroatoms. The summed E-state index contributed by atoms with van der Waals surface area (Å²) in [6, 6.07) is 3.68. The molecular formula is C21H29N3O2. The first-order valence-electron chi connectivity index (χ1n) is 10.3. The van der Waals surface area contributed by atoms with E-state index in [2.05, 4.69) is 14.8 Å². The summed E-state index contributed by atoms with van der Waals surface area (Å²) in [5.41, 5.74) is 0.647. The first-order chi connectivity index (χ1) is 12.6. The fourth-order valence-electron chi connectivity index (χ4n) is 6.61. The van der Waals surface area contributed by atoms with E-state index in [1.54, 1.807) is 6.20 Å². The topological polar surface area (TPSA) is 56.4 Å². The smallest absolute Gasteiger partial charge is 0.228 e. The Kier molecular flexibility index (Phi) is 3.96. The van der Waals surface area contributed by atoms with Crippen LogP contribution in [-0.4, -0.2) is 59.2 Å². The number of aromatic amines is 1. The molecule has 1 saturated heterocycles. The highest BCUT2D eigenvalue weighted by Gasteiger charge is 2.55. The van der Waals surface area contributed by atoms with Gasteiger partial charge in [0.1, 0.15) is 0 Å². The number of piperazine rings is 1. The molecule has 4 aliphatic carbocycles. The Hall–Kier alpha value is -1.62. The van der Waals surface area contributed by atoms with Gasteiger partial charge in [-0.1, -0.05) is 0 Å². The molecule has 0 aromatic carbocycles. The molecule has 1 aliphatic heterocycles. The summed E-state index contributed by atoms with van der Waals surface area (Å²) in [7, 11) is 0. The highest BCUT2D eigenvalue weighted by molar-refractivity contribution is 5.95. The highest BCUT2D eigenvalue weighted by atomic mass is 16.2. The number of nitrogens with one attached hydrogen (secondary N) is 1. The van der Waals surface area contributed by atoms with Crippen LogP contribution in [-0.2, 0) is 4.79 Å². The van der Waals surface area contributed by atoms with Crippen LogP contribution in [0.1, 0.15) is 49.0 Å². The van der Waals surface area contributed by atoms with Crippen LogP contribution in [0.2, 0.25) is 0 Å². The van der Waals surface area contributed by atoms with Crippen molar-refractivity contribution in [1.29, 1.82) is 0 Å². The largest absolute Gasteiger partial charge is 0.359 e. The SMILES string of the molecule is O=C(CN1CCN(C(=O)C23CC4CC(CC(C4)C2)C3)CC1)c1ccc[nH]1. The van der Waals surface area contributed by atoms with E-state index in [1.807, 2.05) is 12.1 Å². The second-order valence-corrected chi connectivity index (χ2v) is 9.27. The minimum absolute atomic E-state index is 0.0308. The molecule has 1 N–H and O–H groups in total. The number of carbonyl (C=O) groups is 2. The maximum Gasteiger partial charge on any atom is 0.228 e. The number of carbonyl (C=O) groups excluding carboxylic acids is 2. The van der Waals surface area contributed by atoms with Crippen molar-refractivity contribution in [2.45, 2.75) is 38.5 Å². The van der Waals surface area contributed by atoms with Crippen molar-refractivity contribution in [3.63, 3.8) is 0 Å². The van der Waals surface area contributed by atoms with Gasteiger partial charge in [0.15, 0.2) is 5.78 Å². The number of amides is 1. The molecule has 6 rings (SSSR count). The Bertz CT molecular complexity index is 653. The van der Waals surface area contributed by atoms with Crippen LogP contribution < -0.4 is 0 Å². The monoisotopic (exact) mass is 355 g/mol. The molecule has 4 saturated carbocycles. The Morgan fingerprint density at radius 3 is 2.15 bits per heavy atom. The number of H-pyrrole nitrogens is 1. The zero-order chi connectivity index (χ0) is 17.7. The number of Topliss-reactive ketones (excluding diaryl/α,β-unsaturated/α-hetero) is 1. The second-order valence-electron chi connectivity index (χ2n) is 9.27. The number of nitrogens with zero attached hydrogens (tertiary/aromatic N) is 2. The van der Waals surface area contributed by atoms with Gasteiger partial charge >= 0.3 is 0 Å². The average molecular weight is 355 g/mol. The van der Waals surface area contributed by atoms with Crippen molar-refractivity contribution < 1.29 is 9.59 Å². The lowest BCUT2D eigenvalue weighted by Gasteiger charge is -2.57. The van der Waals surface area contributed by atoms with E-state index >= 15 is 0 Å². The number of rotatable bonds is 4. The molecule has 140 valence electrons. The van der Waals surface area contributed by atoms with Crippen molar-refractivity contribution in [2.24, 2.45) is 23.2 Å². The van der Waals surface area contributed by atoms with Crippen molar-refractivity contribution >= 4 is 11.7 Å². The number of ketones is 1. The molecule has 0 radical (unpaired) electrons. The second kappa shape index (κ2) is 6.22. The average Bonchev–Trinajstić information content (AvgIpc) is 3.15. The first-order valence-corrected chi connectivity index (χ1v) is 10.3. The summed E-state index contributed by atoms with van der Waals surface area (Å²) < 4.78 is 0. The molecule has 4 bridgehead atoms. The number of hydrogen-bond acceptors (Lipinski definition) is 3. The van der Waals surface area contributed by atoms with Crippen LogP contribution in [0.25, 0.3) is 0 Å². The van der Waals surface area contributed by atoms with E-state index in [1.165, 1.54) is 19.3 Å². The van der Waals surface area contributed by atoms with Gasteiger partial charge in [-0.2, -0.15) is 0 Å². The molecule has 0 unspecified atom stereocenters. The van der Waals surface area contributed by atoms with Crippen LogP contribution in [0, 0.1) is 23.2 Å². The Labute approximate surface area is 155 Å². The van der Waals surface area contributed by atoms with Crippen LogP contribution in [0.5, 0.6) is 0 Å². The standard InChI is InChI=1S/C21H29N3O2/c25-19(18-2-1-3-22-18)14-23-4-6-24(7-5-23)20(26)21-11-15-8-16(12-21)10-17(9-15)13-21/h1-3,15-17,22H,4-14H2. The maximum atomic E-state index is 13.4. The van der Waals surface area contributed by atoms with Gasteiger partial charge in [0.25, 0.3) is 0 Å². The minimum Gasteiger partial charge on any atom is -0.359 e. The summed E-state index contributed by atoms with van der Waals surface area (Å²) in [6.45, 7) is 3.62. The predicted molar refractivity (Wildman–Crippen MR) is 98.7 cm³/mol. The molecule has 5 fully saturated rings. The third-order valence-corrected chi connectivity index (χ3v) is 7.42. The van der Waals surface area contributed by atoms with Crippen LogP contribution in [0.3, 0.4) is 0 Å². The third kappa shape index (κ3) is 2.81. The molecule has 26 heavy (non-hydrogen) atoms. The lowest BCUT2D eigenvalue weighted by molar-refractivity contribution is -0.159. The molecule has 1 aromatic heterocycles. The molecule has 0 atom stereocenters. The molecular weight excluding hydrogens is 326 g/mol. The van der Waals surface area contributed by atoms with Crippen LogP contribution in [0.4, 0.5) is 0 Å². The fourth-order valence-corrected chi connectivity index (χ4v) is 6.61. The van der Waals surface area contributed by atoms with E-state index < -0.39 is 0 Å². The zero-order valence-corrected chi connectivity index (χ0v) is 15.5. The Balaban J connectivity index is 1.19. The van der Waals surface area contributed by atoms with Gasteiger partial charge in [-0.05, 0) is 68.4 Å². The lowest BCUT2D eigenvalue weighted by Crippen LogP contribution is -2.58. The lowest BCUT2D eigenvalue weighted by atomic mass is 9.49. The van der Waals surface area contributed by atoms with Crippen molar-refractivity contribution in [1.82, 2.24) is 14.8 Å². The molecule has 1 aromatic rings. The quantitative estimate of drug-likeness (QED) is 0.845. The normalized spacial score (nSPS) is 36.5. The van der Waals surface area contributed by atoms with E-state index in [0.29, 0.717) is 18.1 Å². The van der Waals surface area contributed by atoms with E-state index in [0.717, 1.165) is 63.2 Å². The van der Waals surface area contributed by atoms with Gasteiger partial charge in [-0.3, -0.25) is 14.5 Å². The van der Waals surface area contributed by atoms with Gasteiger partial charge in [0, 0.05) is 32.4 Å². The Morgan fingerprint density at radius 2 is 1.62 bits per heavy atom. The van der Waals surface area contributed by atoms with Crippen molar-refractivity contribution in [2.75, 3.05) is 32.7 Å². The fraction of sp³-hybridized carbons (Fsp3) is 0.714. The summed E-state index contributed by atoms with van der Waals surface area (Å²) in [4.78, 5) is 33.0. The predicted octanol–water partition coefficient (Wildman–Crippen LogP) is 2.56. The molecule has 2 heterocycles. The number of hydrogen-bond donors (Lipinski definition) is 1. The molecule has 0 spiro atoms. The highest BCUT2D eigenvalue weighted by Crippen LogP contribution is 2.60. The van der Waals surface area contributed by atoms with E-state index in [9.17, 15) is 9.59 Å². The molecule has 5 aliphatic rings. The third-order valence-electron chi connectivity index (χ3n) is 7.42. The first kappa shape index (κ1) is 16.5. The maximum absolute atomic E-state index is 13.4. The molecule has 1 amide bonds. The van der Waals surface area contributed by atoms with Crippen molar-refractivity contribution in [3.05, 3.63) is 24.0 Å².